The maximum absolute atomic E-state index is 13.6. The highest BCUT2D eigenvalue weighted by molar-refractivity contribution is 6.31. The summed E-state index contributed by atoms with van der Waals surface area (Å²) < 4.78 is 15.0. The Bertz CT molecular complexity index is 1470. The topological polar surface area (TPSA) is 136 Å². The molecule has 1 aromatic carbocycles. The van der Waals surface area contributed by atoms with Crippen LogP contribution in [0.2, 0.25) is 5.02 Å². The third-order valence-electron chi connectivity index (χ3n) is 4.70. The van der Waals surface area contributed by atoms with Crippen LogP contribution in [0.25, 0.3) is 11.7 Å². The Labute approximate surface area is 178 Å². The average molecular weight is 443 g/mol. The maximum Gasteiger partial charge on any atom is 0.326 e. The molecule has 1 saturated carbocycles. The van der Waals surface area contributed by atoms with Gasteiger partial charge in [0.15, 0.2) is 5.65 Å². The Morgan fingerprint density at radius 2 is 2.19 bits per heavy atom. The molecule has 1 aliphatic carbocycles. The lowest BCUT2D eigenvalue weighted by molar-refractivity contribution is 0.454. The number of H-pyrrole nitrogens is 2. The monoisotopic (exact) mass is 442 g/mol. The SMILES string of the molecule is O=c1[nH]c(O)c(C=c2cnn3c(=NC4CC4)nc(NCc4cc(F)ccc4Cl)nc23)[nH]1. The molecular weight excluding hydrogens is 427 g/mol. The highest BCUT2D eigenvalue weighted by Crippen LogP contribution is 2.22. The van der Waals surface area contributed by atoms with Crippen molar-refractivity contribution in [1.82, 2.24) is 29.5 Å². The van der Waals surface area contributed by atoms with Crippen molar-refractivity contribution in [2.45, 2.75) is 25.4 Å². The van der Waals surface area contributed by atoms with Crippen LogP contribution in [0, 0.1) is 5.82 Å². The first-order valence-electron chi connectivity index (χ1n) is 9.47. The van der Waals surface area contributed by atoms with Crippen LogP contribution in [-0.2, 0) is 6.54 Å². The number of benzene rings is 1. The molecule has 1 aliphatic rings. The molecule has 0 aliphatic heterocycles. The van der Waals surface area contributed by atoms with E-state index < -0.39 is 11.5 Å². The summed E-state index contributed by atoms with van der Waals surface area (Å²) in [6.07, 6.45) is 5.03. The summed E-state index contributed by atoms with van der Waals surface area (Å²) in [7, 11) is 0. The number of halogens is 2. The van der Waals surface area contributed by atoms with E-state index in [9.17, 15) is 14.3 Å². The number of fused-ring (bicyclic) bond motifs is 1. The normalized spacial score (nSPS) is 15.2. The third-order valence-corrected chi connectivity index (χ3v) is 5.07. The quantitative estimate of drug-likeness (QED) is 0.362. The molecule has 0 unspecified atom stereocenters. The molecule has 0 radical (unpaired) electrons. The van der Waals surface area contributed by atoms with Gasteiger partial charge in [0, 0.05) is 16.8 Å². The predicted molar refractivity (Wildman–Crippen MR) is 110 cm³/mol. The molecule has 0 bridgehead atoms. The van der Waals surface area contributed by atoms with Gasteiger partial charge >= 0.3 is 5.69 Å². The first-order valence-corrected chi connectivity index (χ1v) is 9.84. The number of nitrogens with zero attached hydrogens (tertiary/aromatic N) is 5. The van der Waals surface area contributed by atoms with Gasteiger partial charge < -0.3 is 15.4 Å². The van der Waals surface area contributed by atoms with Crippen molar-refractivity contribution < 1.29 is 9.50 Å². The van der Waals surface area contributed by atoms with Crippen molar-refractivity contribution in [1.29, 1.82) is 0 Å². The van der Waals surface area contributed by atoms with Gasteiger partial charge in [-0.3, -0.25) is 4.98 Å². The van der Waals surface area contributed by atoms with Crippen LogP contribution in [-0.4, -0.2) is 40.7 Å². The highest BCUT2D eigenvalue weighted by Gasteiger charge is 2.21. The summed E-state index contributed by atoms with van der Waals surface area (Å²) in [6.45, 7) is 0.203. The number of aromatic nitrogens is 6. The van der Waals surface area contributed by atoms with Gasteiger partial charge in [-0.05, 0) is 42.7 Å². The second kappa shape index (κ2) is 7.51. The van der Waals surface area contributed by atoms with Crippen LogP contribution < -0.4 is 21.8 Å². The molecule has 0 spiro atoms. The summed E-state index contributed by atoms with van der Waals surface area (Å²) in [5, 5.41) is 18.2. The highest BCUT2D eigenvalue weighted by atomic mass is 35.5. The zero-order valence-electron chi connectivity index (χ0n) is 15.9. The zero-order chi connectivity index (χ0) is 21.5. The van der Waals surface area contributed by atoms with Crippen molar-refractivity contribution in [2.24, 2.45) is 4.99 Å². The van der Waals surface area contributed by atoms with Crippen LogP contribution in [0.3, 0.4) is 0 Å². The number of anilines is 1. The van der Waals surface area contributed by atoms with Gasteiger partial charge in [-0.2, -0.15) is 19.6 Å². The molecular formula is C19H16ClFN8O2. The summed E-state index contributed by atoms with van der Waals surface area (Å²) in [4.78, 5) is 29.7. The van der Waals surface area contributed by atoms with Crippen molar-refractivity contribution >= 4 is 29.3 Å². The molecule has 0 saturated heterocycles. The smallest absolute Gasteiger partial charge is 0.326 e. The number of hydrogen-bond acceptors (Lipinski definition) is 7. The predicted octanol–water partition coefficient (Wildman–Crippen LogP) is 0.862. The molecule has 10 nitrogen and oxygen atoms in total. The van der Waals surface area contributed by atoms with Gasteiger partial charge in [-0.1, -0.05) is 11.6 Å². The molecule has 0 atom stereocenters. The van der Waals surface area contributed by atoms with Crippen molar-refractivity contribution in [3.63, 3.8) is 0 Å². The van der Waals surface area contributed by atoms with E-state index in [4.69, 9.17) is 11.6 Å². The fourth-order valence-corrected chi connectivity index (χ4v) is 3.20. The standard InChI is InChI=1S/C19H16ClFN8O2/c20-13-4-1-11(21)5-9(13)7-22-17-26-15-10(6-14-16(30)27-19(31)25-14)8-23-29(15)18(28-17)24-12-2-3-12/h1,4-6,8,12,30H,2-3,7H2,(H,22,24,28)(H2,25,27,31). The van der Waals surface area contributed by atoms with Crippen LogP contribution in [0.1, 0.15) is 24.1 Å². The minimum absolute atomic E-state index is 0.185. The van der Waals surface area contributed by atoms with Gasteiger partial charge in [0.2, 0.25) is 11.8 Å². The molecule has 12 heteroatoms. The van der Waals surface area contributed by atoms with Crippen molar-refractivity contribution in [3.8, 4) is 5.88 Å². The lowest BCUT2D eigenvalue weighted by Crippen LogP contribution is -2.24. The second-order valence-electron chi connectivity index (χ2n) is 7.12. The van der Waals surface area contributed by atoms with E-state index in [1.807, 2.05) is 0 Å². The molecule has 158 valence electrons. The van der Waals surface area contributed by atoms with Crippen molar-refractivity contribution in [2.75, 3.05) is 5.32 Å². The first-order chi connectivity index (χ1) is 15.0. The zero-order valence-corrected chi connectivity index (χ0v) is 16.7. The van der Waals surface area contributed by atoms with Crippen LogP contribution in [0.5, 0.6) is 5.88 Å². The van der Waals surface area contributed by atoms with E-state index in [1.54, 1.807) is 0 Å². The molecule has 4 N–H and O–H groups in total. The molecule has 0 amide bonds. The number of aromatic amines is 2. The lowest BCUT2D eigenvalue weighted by atomic mass is 10.2. The van der Waals surface area contributed by atoms with Gasteiger partial charge in [0.05, 0.1) is 12.2 Å². The minimum Gasteiger partial charge on any atom is -0.493 e. The maximum atomic E-state index is 13.6. The summed E-state index contributed by atoms with van der Waals surface area (Å²) in [5.41, 5.74) is 1.00. The summed E-state index contributed by atoms with van der Waals surface area (Å²) in [6, 6.07) is 4.30. The van der Waals surface area contributed by atoms with Crippen LogP contribution in [0.4, 0.5) is 10.3 Å². The Morgan fingerprint density at radius 1 is 1.35 bits per heavy atom. The molecule has 3 heterocycles. The minimum atomic E-state index is -0.534. The summed E-state index contributed by atoms with van der Waals surface area (Å²) in [5.74, 6) is -0.426. The Morgan fingerprint density at radius 3 is 2.94 bits per heavy atom. The largest absolute Gasteiger partial charge is 0.493 e. The Hall–Kier alpha value is -3.73. The van der Waals surface area contributed by atoms with E-state index in [2.05, 4.69) is 35.3 Å². The average Bonchev–Trinajstić information content (AvgIpc) is 3.37. The van der Waals surface area contributed by atoms with Crippen LogP contribution >= 0.6 is 11.6 Å². The van der Waals surface area contributed by atoms with E-state index >= 15 is 0 Å². The Balaban J connectivity index is 1.59. The van der Waals surface area contributed by atoms with E-state index in [1.165, 1.54) is 35.0 Å². The van der Waals surface area contributed by atoms with E-state index in [0.717, 1.165) is 12.8 Å². The fraction of sp³-hybridized carbons (Fsp3) is 0.211. The van der Waals surface area contributed by atoms with Crippen molar-refractivity contribution in [3.05, 3.63) is 67.8 Å². The summed E-state index contributed by atoms with van der Waals surface area (Å²) >= 11 is 6.14. The Kier molecular flexibility index (Phi) is 4.66. The van der Waals surface area contributed by atoms with E-state index in [0.29, 0.717) is 27.1 Å². The number of rotatable bonds is 5. The van der Waals surface area contributed by atoms with Gasteiger partial charge in [-0.25, -0.2) is 14.2 Å². The third kappa shape index (κ3) is 3.99. The molecule has 5 rings (SSSR count). The first kappa shape index (κ1) is 19.2. The molecule has 1 fully saturated rings. The molecule has 31 heavy (non-hydrogen) atoms. The van der Waals surface area contributed by atoms with Gasteiger partial charge in [0.25, 0.3) is 5.62 Å². The molecule has 3 aromatic heterocycles. The van der Waals surface area contributed by atoms with Gasteiger partial charge in [-0.15, -0.1) is 0 Å². The van der Waals surface area contributed by atoms with Crippen LogP contribution in [0.15, 0.2) is 34.2 Å². The molecule has 4 aromatic rings. The number of nitrogens with one attached hydrogen (secondary N) is 3. The second-order valence-corrected chi connectivity index (χ2v) is 7.53. The van der Waals surface area contributed by atoms with E-state index in [-0.39, 0.29) is 30.1 Å². The fourth-order valence-electron chi connectivity index (χ4n) is 3.01. The van der Waals surface area contributed by atoms with Gasteiger partial charge in [0.1, 0.15) is 11.5 Å². The number of aromatic hydroxyl groups is 1. The lowest BCUT2D eigenvalue weighted by Gasteiger charge is -2.07. The number of imidazole rings is 1. The number of hydrogen-bond donors (Lipinski definition) is 4.